The highest BCUT2D eigenvalue weighted by atomic mass is 28.4. The van der Waals surface area contributed by atoms with Gasteiger partial charge in [0.2, 0.25) is 0 Å². The highest BCUT2D eigenvalue weighted by Crippen LogP contribution is 2.65. The lowest BCUT2D eigenvalue weighted by molar-refractivity contribution is 0.170. The van der Waals surface area contributed by atoms with Gasteiger partial charge in [0.05, 0.1) is 0 Å². The summed E-state index contributed by atoms with van der Waals surface area (Å²) in [5, 5.41) is 0.658. The van der Waals surface area contributed by atoms with Crippen molar-refractivity contribution in [1.29, 1.82) is 0 Å². The first-order valence-electron chi connectivity index (χ1n) is 7.14. The molecule has 0 aromatic heterocycles. The molecule has 0 bridgehead atoms. The maximum Gasteiger partial charge on any atom is 0.349 e. The van der Waals surface area contributed by atoms with Crippen molar-refractivity contribution < 1.29 is 8.85 Å². The highest BCUT2D eigenvalue weighted by molar-refractivity contribution is 6.73. The van der Waals surface area contributed by atoms with Crippen molar-refractivity contribution in [2.45, 2.75) is 75.3 Å². The first-order valence-corrected chi connectivity index (χ1v) is 8.96. The van der Waals surface area contributed by atoms with Crippen LogP contribution in [0.15, 0.2) is 0 Å². The molecule has 0 N–H and O–H groups in total. The molecule has 0 unspecified atom stereocenters. The van der Waals surface area contributed by atoms with Crippen molar-refractivity contribution in [3.05, 3.63) is 0 Å². The highest BCUT2D eigenvalue weighted by Gasteiger charge is 2.65. The summed E-state index contributed by atoms with van der Waals surface area (Å²) in [6, 6.07) is 0. The van der Waals surface area contributed by atoms with Crippen LogP contribution in [0, 0.1) is 0 Å². The summed E-state index contributed by atoms with van der Waals surface area (Å²) in [6.45, 7) is 4.87. The van der Waals surface area contributed by atoms with Gasteiger partial charge in [-0.15, -0.1) is 0 Å². The monoisotopic (exact) mass is 256 g/mol. The van der Waals surface area contributed by atoms with Crippen LogP contribution in [-0.2, 0) is 8.85 Å². The van der Waals surface area contributed by atoms with Crippen LogP contribution in [0.2, 0.25) is 10.1 Å². The summed E-state index contributed by atoms with van der Waals surface area (Å²) in [6.07, 6.45) is 10.6. The van der Waals surface area contributed by atoms with Gasteiger partial charge in [0.25, 0.3) is 0 Å². The van der Waals surface area contributed by atoms with Crippen LogP contribution >= 0.6 is 0 Å². The van der Waals surface area contributed by atoms with Crippen molar-refractivity contribution in [3.63, 3.8) is 0 Å². The molecule has 0 spiro atoms. The van der Waals surface area contributed by atoms with Crippen LogP contribution in [0.25, 0.3) is 0 Å². The Hall–Kier alpha value is 0.137. The van der Waals surface area contributed by atoms with Crippen molar-refractivity contribution in [2.75, 3.05) is 14.2 Å². The Kier molecular flexibility index (Phi) is 3.73. The molecule has 0 heterocycles. The van der Waals surface area contributed by atoms with E-state index in [0.29, 0.717) is 10.1 Å². The van der Waals surface area contributed by atoms with Crippen molar-refractivity contribution in [1.82, 2.24) is 0 Å². The molecule has 2 aliphatic rings. The Labute approximate surface area is 107 Å². The lowest BCUT2D eigenvalue weighted by atomic mass is 10.1. The van der Waals surface area contributed by atoms with Gasteiger partial charge in [-0.2, -0.15) is 0 Å². The first-order chi connectivity index (χ1) is 8.04. The first kappa shape index (κ1) is 13.6. The van der Waals surface area contributed by atoms with Crippen molar-refractivity contribution in [3.8, 4) is 0 Å². The van der Waals surface area contributed by atoms with Crippen LogP contribution < -0.4 is 0 Å². The van der Waals surface area contributed by atoms with E-state index in [-0.39, 0.29) is 0 Å². The van der Waals surface area contributed by atoms with Gasteiger partial charge in [-0.1, -0.05) is 39.5 Å². The van der Waals surface area contributed by atoms with E-state index in [0.717, 1.165) is 0 Å². The molecule has 0 atom stereocenters. The zero-order chi connectivity index (χ0) is 12.6. The van der Waals surface area contributed by atoms with Crippen LogP contribution in [0.1, 0.15) is 65.2 Å². The van der Waals surface area contributed by atoms with E-state index >= 15 is 0 Å². The van der Waals surface area contributed by atoms with Gasteiger partial charge in [-0.3, -0.25) is 0 Å². The Bertz CT molecular complexity index is 237. The molecule has 2 saturated carbocycles. The molecular weight excluding hydrogens is 228 g/mol. The summed E-state index contributed by atoms with van der Waals surface area (Å²) in [4.78, 5) is 0. The summed E-state index contributed by atoms with van der Waals surface area (Å²) in [5.74, 6) is 0. The van der Waals surface area contributed by atoms with Gasteiger partial charge >= 0.3 is 8.56 Å². The fourth-order valence-corrected chi connectivity index (χ4v) is 10.4. The number of rotatable bonds is 4. The molecule has 100 valence electrons. The molecule has 17 heavy (non-hydrogen) atoms. The Balaban J connectivity index is 2.37. The summed E-state index contributed by atoms with van der Waals surface area (Å²) >= 11 is 0. The second-order valence-electron chi connectivity index (χ2n) is 6.56. The zero-order valence-corrected chi connectivity index (χ0v) is 13.0. The average molecular weight is 256 g/mol. The lowest BCUT2D eigenvalue weighted by Crippen LogP contribution is -2.58. The normalized spacial score (nSPS) is 27.5. The van der Waals surface area contributed by atoms with E-state index in [1.165, 1.54) is 51.4 Å². The largest absolute Gasteiger partial charge is 0.397 e. The Morgan fingerprint density at radius 1 is 0.706 bits per heavy atom. The quantitative estimate of drug-likeness (QED) is 0.695. The average Bonchev–Trinajstić information content (AvgIpc) is 2.92. The standard InChI is InChI=1S/C14H28O2Si/c1-13(9-5-6-10-13)17(15-3,16-4)14(2)11-7-8-12-14/h5-12H2,1-4H3. The smallest absolute Gasteiger partial charge is 0.349 e. The van der Waals surface area contributed by atoms with E-state index in [2.05, 4.69) is 13.8 Å². The van der Waals surface area contributed by atoms with E-state index in [1.54, 1.807) is 0 Å². The van der Waals surface area contributed by atoms with E-state index in [4.69, 9.17) is 8.85 Å². The van der Waals surface area contributed by atoms with E-state index in [9.17, 15) is 0 Å². The van der Waals surface area contributed by atoms with Crippen LogP contribution in [0.3, 0.4) is 0 Å². The third kappa shape index (κ3) is 1.82. The third-order valence-corrected chi connectivity index (χ3v) is 10.9. The van der Waals surface area contributed by atoms with Crippen LogP contribution in [-0.4, -0.2) is 22.8 Å². The van der Waals surface area contributed by atoms with Gasteiger partial charge < -0.3 is 8.85 Å². The van der Waals surface area contributed by atoms with Gasteiger partial charge in [-0.05, 0) is 25.7 Å². The van der Waals surface area contributed by atoms with Gasteiger partial charge in [0.15, 0.2) is 0 Å². The maximum atomic E-state index is 6.18. The third-order valence-electron chi connectivity index (χ3n) is 5.58. The molecule has 2 fully saturated rings. The number of hydrogen-bond acceptors (Lipinski definition) is 2. The fourth-order valence-electron chi connectivity index (χ4n) is 4.77. The minimum atomic E-state index is -2.13. The topological polar surface area (TPSA) is 18.5 Å². The zero-order valence-electron chi connectivity index (χ0n) is 12.0. The molecule has 0 aliphatic heterocycles. The van der Waals surface area contributed by atoms with Crippen molar-refractivity contribution in [2.24, 2.45) is 0 Å². The Morgan fingerprint density at radius 2 is 1.00 bits per heavy atom. The minimum Gasteiger partial charge on any atom is -0.397 e. The molecule has 2 rings (SSSR count). The van der Waals surface area contributed by atoms with Gasteiger partial charge in [-0.25, -0.2) is 0 Å². The van der Waals surface area contributed by atoms with Crippen LogP contribution in [0.4, 0.5) is 0 Å². The van der Waals surface area contributed by atoms with Crippen molar-refractivity contribution >= 4 is 8.56 Å². The molecule has 0 saturated heterocycles. The second kappa shape index (κ2) is 4.67. The second-order valence-corrected chi connectivity index (χ2v) is 11.0. The minimum absolute atomic E-state index is 0.329. The lowest BCUT2D eigenvalue weighted by Gasteiger charge is -2.50. The molecule has 2 aliphatic carbocycles. The summed E-state index contributed by atoms with van der Waals surface area (Å²) < 4.78 is 12.4. The predicted octanol–water partition coefficient (Wildman–Crippen LogP) is 4.39. The fraction of sp³-hybridized carbons (Fsp3) is 1.00. The molecule has 0 radical (unpaired) electrons. The molecular formula is C14H28O2Si. The molecule has 0 aromatic rings. The summed E-state index contributed by atoms with van der Waals surface area (Å²) in [5.41, 5.74) is 0. The SMILES string of the molecule is CO[Si](OC)(C1(C)CCCC1)C1(C)CCCC1. The molecule has 0 amide bonds. The molecule has 2 nitrogen and oxygen atoms in total. The van der Waals surface area contributed by atoms with E-state index < -0.39 is 8.56 Å². The van der Waals surface area contributed by atoms with E-state index in [1.807, 2.05) is 14.2 Å². The summed E-state index contributed by atoms with van der Waals surface area (Å²) in [7, 11) is 1.69. The molecule has 0 aromatic carbocycles. The maximum absolute atomic E-state index is 6.18. The Morgan fingerprint density at radius 3 is 1.24 bits per heavy atom. The van der Waals surface area contributed by atoms with Gasteiger partial charge in [0.1, 0.15) is 0 Å². The number of hydrogen-bond donors (Lipinski definition) is 0. The van der Waals surface area contributed by atoms with Gasteiger partial charge in [0, 0.05) is 24.3 Å². The van der Waals surface area contributed by atoms with Crippen LogP contribution in [0.5, 0.6) is 0 Å². The predicted molar refractivity (Wildman–Crippen MR) is 73.4 cm³/mol. The molecule has 3 heteroatoms.